The molecule has 0 aliphatic rings. The maximum absolute atomic E-state index is 11.0. The predicted octanol–water partition coefficient (Wildman–Crippen LogP) is 4.79. The van der Waals surface area contributed by atoms with Crippen molar-refractivity contribution in [1.29, 1.82) is 0 Å². The largest absolute Gasteiger partial charge is 0.508 e. The number of Topliss-reactive ketones (excluding diaryl/α,β-unsaturated/α-hetero) is 1. The van der Waals surface area contributed by atoms with Gasteiger partial charge in [-0.1, -0.05) is 70.2 Å². The van der Waals surface area contributed by atoms with Gasteiger partial charge in [-0.25, -0.2) is 4.98 Å². The van der Waals surface area contributed by atoms with Gasteiger partial charge < -0.3 is 37.6 Å². The van der Waals surface area contributed by atoms with Crippen LogP contribution in [-0.2, 0) is 22.4 Å². The Morgan fingerprint density at radius 2 is 1.23 bits per heavy atom. The van der Waals surface area contributed by atoms with Gasteiger partial charge in [0.1, 0.15) is 22.6 Å². The molecule has 0 radical (unpaired) electrons. The molecule has 0 saturated carbocycles. The van der Waals surface area contributed by atoms with E-state index in [9.17, 15) is 19.5 Å². The minimum absolute atomic E-state index is 0.0559. The molecule has 2 aromatic carbocycles. The number of phenolic OH excluding ortho intramolecular Hbond substituents is 1. The fourth-order valence-electron chi connectivity index (χ4n) is 4.36. The van der Waals surface area contributed by atoms with E-state index in [0.29, 0.717) is 42.3 Å². The number of phenols is 1. The molecule has 1 aromatic heterocycles. The number of nitrogens with two attached hydrogens (primary N) is 3. The van der Waals surface area contributed by atoms with Crippen LogP contribution in [0.2, 0.25) is 0 Å². The van der Waals surface area contributed by atoms with E-state index in [0.717, 1.165) is 17.5 Å². The third-order valence-electron chi connectivity index (χ3n) is 7.45. The highest BCUT2D eigenvalue weighted by Gasteiger charge is 2.19. The van der Waals surface area contributed by atoms with Gasteiger partial charge in [-0.05, 0) is 61.3 Å². The lowest BCUT2D eigenvalue weighted by Gasteiger charge is -2.17. The number of carbonyl (C=O) groups is 3. The van der Waals surface area contributed by atoms with Gasteiger partial charge in [0.15, 0.2) is 5.78 Å². The zero-order valence-electron chi connectivity index (χ0n) is 28.0. The first kappa shape index (κ1) is 41.3. The van der Waals surface area contributed by atoms with Crippen molar-refractivity contribution in [2.45, 2.75) is 91.0 Å². The maximum atomic E-state index is 11.0. The number of ketones is 1. The van der Waals surface area contributed by atoms with E-state index in [1.54, 1.807) is 43.5 Å². The second-order valence-electron chi connectivity index (χ2n) is 12.3. The zero-order chi connectivity index (χ0) is 35.7. The van der Waals surface area contributed by atoms with Crippen LogP contribution in [0.5, 0.6) is 5.75 Å². The van der Waals surface area contributed by atoms with E-state index in [4.69, 9.17) is 32.5 Å². The standard InChI is InChI=1S/C12H17NO3.C12H17NO2.C11H18N2O2S/c1-8(12(15)16)6-10(13)7-9-2-4-11(14)5-3-9;1-9(12(14)15)7-11(13)8-10-5-3-2-4-6-10;1-6(2)8(12)4-10(15)11-13-9(5-16-11)7(3)14/h2-5,8,10,14H,6-7,13H2,1H3,(H,15,16);2-6,9,11H,7-8,13H2,1H3,(H,14,15);5-6,8,10,15H,4,12H2,1-3H3/t8-,10+;9-,11+;8-,10-/m001/s1. The summed E-state index contributed by atoms with van der Waals surface area (Å²) in [5.74, 6) is -1.93. The van der Waals surface area contributed by atoms with Gasteiger partial charge in [0.25, 0.3) is 0 Å². The minimum atomic E-state index is -0.818. The molecule has 0 aliphatic heterocycles. The van der Waals surface area contributed by atoms with E-state index in [1.165, 1.54) is 18.3 Å². The first-order valence-electron chi connectivity index (χ1n) is 15.7. The van der Waals surface area contributed by atoms with E-state index < -0.39 is 24.0 Å². The zero-order valence-corrected chi connectivity index (χ0v) is 28.8. The van der Waals surface area contributed by atoms with Crippen molar-refractivity contribution in [3.05, 3.63) is 81.8 Å². The molecule has 1 heterocycles. The van der Waals surface area contributed by atoms with Crippen molar-refractivity contribution < 1.29 is 34.8 Å². The summed E-state index contributed by atoms with van der Waals surface area (Å²) in [6.45, 7) is 8.83. The van der Waals surface area contributed by atoms with Crippen molar-refractivity contribution in [2.75, 3.05) is 0 Å². The number of aliphatic carboxylic acids is 2. The van der Waals surface area contributed by atoms with Crippen molar-refractivity contribution >= 4 is 29.1 Å². The van der Waals surface area contributed by atoms with Crippen molar-refractivity contribution in [1.82, 2.24) is 4.98 Å². The number of aliphatic hydroxyl groups excluding tert-OH is 1. The molecule has 12 heteroatoms. The van der Waals surface area contributed by atoms with Crippen LogP contribution in [-0.4, -0.2) is 61.3 Å². The van der Waals surface area contributed by atoms with Crippen molar-refractivity contribution in [2.24, 2.45) is 35.0 Å². The third kappa shape index (κ3) is 17.2. The first-order valence-corrected chi connectivity index (χ1v) is 16.6. The van der Waals surface area contributed by atoms with E-state index >= 15 is 0 Å². The molecular weight excluding hydrogens is 620 g/mol. The number of thiazole rings is 1. The molecule has 47 heavy (non-hydrogen) atoms. The fraction of sp³-hybridized carbons (Fsp3) is 0.486. The van der Waals surface area contributed by atoms with Crippen LogP contribution >= 0.6 is 11.3 Å². The summed E-state index contributed by atoms with van der Waals surface area (Å²) in [4.78, 5) is 36.4. The number of hydrogen-bond donors (Lipinski definition) is 7. The second kappa shape index (κ2) is 21.2. The highest BCUT2D eigenvalue weighted by Crippen LogP contribution is 2.24. The monoisotopic (exact) mass is 672 g/mol. The van der Waals surface area contributed by atoms with E-state index in [1.807, 2.05) is 44.2 Å². The number of carboxylic acid groups (broad SMARTS) is 2. The Morgan fingerprint density at radius 1 is 0.766 bits per heavy atom. The van der Waals surface area contributed by atoms with E-state index in [2.05, 4.69) is 4.98 Å². The number of carboxylic acids is 2. The average molecular weight is 673 g/mol. The minimum Gasteiger partial charge on any atom is -0.508 e. The number of hydrogen-bond acceptors (Lipinski definition) is 10. The fourth-order valence-corrected chi connectivity index (χ4v) is 5.22. The predicted molar refractivity (Wildman–Crippen MR) is 185 cm³/mol. The number of aromatic nitrogens is 1. The van der Waals surface area contributed by atoms with Crippen LogP contribution in [0.3, 0.4) is 0 Å². The van der Waals surface area contributed by atoms with Gasteiger partial charge in [-0.2, -0.15) is 0 Å². The lowest BCUT2D eigenvalue weighted by molar-refractivity contribution is -0.142. The quantitative estimate of drug-likeness (QED) is 0.109. The lowest BCUT2D eigenvalue weighted by Crippen LogP contribution is -2.28. The number of benzene rings is 2. The van der Waals surface area contributed by atoms with Gasteiger partial charge in [0, 0.05) is 30.4 Å². The topological polar surface area (TPSA) is 223 Å². The van der Waals surface area contributed by atoms with Gasteiger partial charge in [0.2, 0.25) is 0 Å². The normalized spacial score (nSPS) is 14.7. The Hall–Kier alpha value is -3.68. The molecule has 6 atom stereocenters. The molecule has 0 spiro atoms. The van der Waals surface area contributed by atoms with E-state index in [-0.39, 0.29) is 35.6 Å². The molecular formula is C35H52N4O7S. The molecule has 3 aromatic rings. The van der Waals surface area contributed by atoms with Crippen LogP contribution in [0.1, 0.15) is 86.6 Å². The summed E-state index contributed by atoms with van der Waals surface area (Å²) in [7, 11) is 0. The lowest BCUT2D eigenvalue weighted by atomic mass is 9.97. The maximum Gasteiger partial charge on any atom is 0.306 e. The van der Waals surface area contributed by atoms with Gasteiger partial charge in [-0.15, -0.1) is 11.3 Å². The van der Waals surface area contributed by atoms with Crippen molar-refractivity contribution in [3.8, 4) is 5.75 Å². The molecule has 0 unspecified atom stereocenters. The molecule has 260 valence electrons. The number of aliphatic hydroxyl groups is 1. The van der Waals surface area contributed by atoms with Gasteiger partial charge in [-0.3, -0.25) is 14.4 Å². The van der Waals surface area contributed by atoms with Crippen LogP contribution in [0.15, 0.2) is 60.0 Å². The van der Waals surface area contributed by atoms with Crippen LogP contribution in [0.4, 0.5) is 0 Å². The Balaban J connectivity index is 0.000000353. The highest BCUT2D eigenvalue weighted by molar-refractivity contribution is 7.09. The van der Waals surface area contributed by atoms with Crippen molar-refractivity contribution in [3.63, 3.8) is 0 Å². The first-order chi connectivity index (χ1) is 22.0. The SMILES string of the molecule is CC(=O)c1csc([C@H](O)C[C@@H](N)C(C)C)n1.C[C@@H](C[C@@H](N)Cc1ccc(O)cc1)C(=O)O.C[C@@H](C[C@@H](N)Cc1ccccc1)C(=O)O. The van der Waals surface area contributed by atoms with Crippen LogP contribution in [0, 0.1) is 17.8 Å². The Bertz CT molecular complexity index is 1350. The summed E-state index contributed by atoms with van der Waals surface area (Å²) < 4.78 is 0. The summed E-state index contributed by atoms with van der Waals surface area (Å²) in [6.07, 6.45) is 2.13. The number of aromatic hydroxyl groups is 1. The summed E-state index contributed by atoms with van der Waals surface area (Å²) in [5.41, 5.74) is 20.2. The molecule has 0 saturated heterocycles. The second-order valence-corrected chi connectivity index (χ2v) is 13.2. The summed E-state index contributed by atoms with van der Waals surface area (Å²) >= 11 is 1.30. The third-order valence-corrected chi connectivity index (χ3v) is 8.40. The summed E-state index contributed by atoms with van der Waals surface area (Å²) in [6, 6.07) is 16.4. The molecule has 3 rings (SSSR count). The van der Waals surface area contributed by atoms with Gasteiger partial charge >= 0.3 is 11.9 Å². The number of carbonyl (C=O) groups excluding carboxylic acids is 1. The highest BCUT2D eigenvalue weighted by atomic mass is 32.1. The molecule has 10 N–H and O–H groups in total. The molecule has 11 nitrogen and oxygen atoms in total. The van der Waals surface area contributed by atoms with Crippen LogP contribution < -0.4 is 17.2 Å². The number of rotatable bonds is 15. The Morgan fingerprint density at radius 3 is 1.64 bits per heavy atom. The van der Waals surface area contributed by atoms with Crippen LogP contribution in [0.25, 0.3) is 0 Å². The Labute approximate surface area is 281 Å². The Kier molecular flexibility index (Phi) is 18.7. The average Bonchev–Trinajstić information content (AvgIpc) is 3.50. The molecule has 0 bridgehead atoms. The smallest absolute Gasteiger partial charge is 0.306 e. The number of nitrogens with zero attached hydrogens (tertiary/aromatic N) is 1. The molecule has 0 aliphatic carbocycles. The molecule has 0 fully saturated rings. The van der Waals surface area contributed by atoms with Gasteiger partial charge in [0.05, 0.1) is 11.8 Å². The molecule has 0 amide bonds. The summed E-state index contributed by atoms with van der Waals surface area (Å²) in [5, 5.41) is 38.7.